The largest absolute Gasteiger partial charge is 0.498 e. The summed E-state index contributed by atoms with van der Waals surface area (Å²) in [7, 11) is 1.42. The molecule has 4 rings (SSSR count). The van der Waals surface area contributed by atoms with E-state index in [1.165, 1.54) is 7.11 Å². The lowest BCUT2D eigenvalue weighted by atomic mass is 9.92. The number of allylic oxidation sites excluding steroid dienone is 4. The minimum atomic E-state index is -0.278. The van der Waals surface area contributed by atoms with Gasteiger partial charge in [-0.15, -0.1) is 0 Å². The molecule has 1 aliphatic heterocycles. The number of carbonyl (C=O) groups excluding carboxylic acids is 1. The van der Waals surface area contributed by atoms with Gasteiger partial charge in [0, 0.05) is 6.42 Å². The highest BCUT2D eigenvalue weighted by Crippen LogP contribution is 2.29. The van der Waals surface area contributed by atoms with Crippen molar-refractivity contribution < 1.29 is 19.0 Å². The van der Waals surface area contributed by atoms with E-state index in [1.54, 1.807) is 4.57 Å². The number of piperidine rings is 1. The minimum Gasteiger partial charge on any atom is -0.498 e. The zero-order valence-corrected chi connectivity index (χ0v) is 22.0. The first-order valence-corrected chi connectivity index (χ1v) is 13.1. The molecule has 202 valence electrons. The number of nitrogen functional groups attached to an aromatic ring is 1. The molecule has 11 heteroatoms. The maximum Gasteiger partial charge on any atom is 0.328 e. The van der Waals surface area contributed by atoms with Crippen LogP contribution in [0, 0.1) is 11.8 Å². The zero-order valence-electron chi connectivity index (χ0n) is 22.0. The molecule has 1 saturated heterocycles. The Hall–Kier alpha value is -3.34. The number of rotatable bonds is 11. The summed E-state index contributed by atoms with van der Waals surface area (Å²) < 4.78 is 18.1. The molecule has 1 aliphatic carbocycles. The quantitative estimate of drug-likeness (QED) is 0.342. The van der Waals surface area contributed by atoms with Gasteiger partial charge in [0.25, 0.3) is 0 Å². The fourth-order valence-electron chi connectivity index (χ4n) is 4.70. The van der Waals surface area contributed by atoms with Crippen LogP contribution in [0.3, 0.4) is 0 Å². The Morgan fingerprint density at radius 2 is 2.00 bits per heavy atom. The highest BCUT2D eigenvalue weighted by molar-refractivity contribution is 5.82. The van der Waals surface area contributed by atoms with Crippen molar-refractivity contribution in [2.24, 2.45) is 11.8 Å². The monoisotopic (exact) mass is 514 g/mol. The number of hydrogen-bond donors (Lipinski definition) is 2. The number of H-pyrrole nitrogens is 1. The predicted octanol–water partition coefficient (Wildman–Crippen LogP) is 2.63. The molecule has 0 spiro atoms. The van der Waals surface area contributed by atoms with Crippen LogP contribution < -0.4 is 16.2 Å². The third-order valence-corrected chi connectivity index (χ3v) is 7.12. The summed E-state index contributed by atoms with van der Waals surface area (Å²) in [6.45, 7) is 7.89. The Labute approximate surface area is 216 Å². The van der Waals surface area contributed by atoms with Crippen LogP contribution in [0.1, 0.15) is 46.0 Å². The summed E-state index contributed by atoms with van der Waals surface area (Å²) >= 11 is 0. The molecule has 3 heterocycles. The van der Waals surface area contributed by atoms with Gasteiger partial charge in [-0.2, -0.15) is 9.97 Å². The van der Waals surface area contributed by atoms with E-state index in [2.05, 4.69) is 33.7 Å². The van der Waals surface area contributed by atoms with Crippen molar-refractivity contribution >= 4 is 23.0 Å². The van der Waals surface area contributed by atoms with Gasteiger partial charge >= 0.3 is 17.7 Å². The number of nitrogens with two attached hydrogens (primary N) is 1. The molecular weight excluding hydrogens is 476 g/mol. The second-order valence-corrected chi connectivity index (χ2v) is 9.89. The van der Waals surface area contributed by atoms with E-state index in [9.17, 15) is 9.59 Å². The Morgan fingerprint density at radius 1 is 1.22 bits per heavy atom. The molecule has 0 saturated carbocycles. The molecule has 1 unspecified atom stereocenters. The van der Waals surface area contributed by atoms with Crippen molar-refractivity contribution in [3.05, 3.63) is 34.0 Å². The number of anilines is 1. The summed E-state index contributed by atoms with van der Waals surface area (Å²) in [6.07, 6.45) is 8.69. The van der Waals surface area contributed by atoms with Crippen LogP contribution in [-0.4, -0.2) is 70.3 Å². The lowest BCUT2D eigenvalue weighted by Gasteiger charge is -2.31. The first-order chi connectivity index (χ1) is 17.9. The summed E-state index contributed by atoms with van der Waals surface area (Å²) in [5.74, 6) is 1.64. The van der Waals surface area contributed by atoms with Crippen LogP contribution in [0.25, 0.3) is 11.2 Å². The van der Waals surface area contributed by atoms with Gasteiger partial charge in [-0.25, -0.2) is 4.79 Å². The Balaban J connectivity index is 1.37. The number of nitrogens with zero attached hydrogens (tertiary/aromatic N) is 4. The second-order valence-electron chi connectivity index (χ2n) is 9.89. The van der Waals surface area contributed by atoms with Gasteiger partial charge in [-0.3, -0.25) is 14.3 Å². The number of fused-ring (bicyclic) bond motifs is 1. The molecule has 37 heavy (non-hydrogen) atoms. The first-order valence-electron chi connectivity index (χ1n) is 13.1. The molecule has 0 amide bonds. The number of carbonyl (C=O) groups is 1. The molecule has 2 aromatic rings. The second kappa shape index (κ2) is 12.3. The van der Waals surface area contributed by atoms with E-state index >= 15 is 0 Å². The number of nitrogens with one attached hydrogen (secondary N) is 1. The highest BCUT2D eigenvalue weighted by atomic mass is 16.5. The van der Waals surface area contributed by atoms with Crippen molar-refractivity contribution in [1.82, 2.24) is 24.4 Å². The van der Waals surface area contributed by atoms with Gasteiger partial charge in [0.05, 0.1) is 39.2 Å². The van der Waals surface area contributed by atoms with E-state index in [1.807, 2.05) is 12.2 Å². The number of methoxy groups -OCH3 is 1. The van der Waals surface area contributed by atoms with Crippen molar-refractivity contribution in [2.75, 3.05) is 45.7 Å². The van der Waals surface area contributed by atoms with Crippen molar-refractivity contribution in [3.63, 3.8) is 0 Å². The summed E-state index contributed by atoms with van der Waals surface area (Å²) in [6, 6.07) is 0.184. The molecule has 11 nitrogen and oxygen atoms in total. The number of aromatic amines is 1. The standard InChI is InChI=1S/C26H38N6O5/c1-4-5-12-36-25-29-23(27)22-24(30-25)32(26(34)28-22)14-19-6-7-20(13-17(19)2)37-16-18-8-10-31(11-9-18)15-21(33)35-3/h6-7,17-18H,4-5,8-16H2,1-3H3,(H,28,34)(H2,27,29,30). The number of esters is 1. The molecule has 3 N–H and O–H groups in total. The average Bonchev–Trinajstić information content (AvgIpc) is 3.20. The van der Waals surface area contributed by atoms with E-state index in [0.717, 1.165) is 56.5 Å². The molecule has 0 aromatic carbocycles. The maximum atomic E-state index is 12.7. The SMILES string of the molecule is CCCCOc1nc(N)c2[nH]c(=O)n(CC3=CC=C(OCC4CCN(CC(=O)OC)CC4)CC3C)c2n1. The Bertz CT molecular complexity index is 1210. The van der Waals surface area contributed by atoms with E-state index in [0.29, 0.717) is 43.4 Å². The van der Waals surface area contributed by atoms with Gasteiger partial charge in [-0.1, -0.05) is 26.3 Å². The van der Waals surface area contributed by atoms with Gasteiger partial charge in [-0.05, 0) is 55.8 Å². The number of hydrogen-bond acceptors (Lipinski definition) is 9. The molecule has 1 atom stereocenters. The number of aromatic nitrogens is 4. The Morgan fingerprint density at radius 3 is 2.70 bits per heavy atom. The molecule has 0 bridgehead atoms. The predicted molar refractivity (Wildman–Crippen MR) is 140 cm³/mol. The van der Waals surface area contributed by atoms with Gasteiger partial charge < -0.3 is 24.9 Å². The van der Waals surface area contributed by atoms with Crippen LogP contribution in [0.2, 0.25) is 0 Å². The van der Waals surface area contributed by atoms with E-state index in [4.69, 9.17) is 19.9 Å². The smallest absolute Gasteiger partial charge is 0.328 e. The first kappa shape index (κ1) is 26.7. The normalized spacial score (nSPS) is 18.9. The molecular formula is C26H38N6O5. The summed E-state index contributed by atoms with van der Waals surface area (Å²) in [5, 5.41) is 0. The third kappa shape index (κ3) is 6.71. The van der Waals surface area contributed by atoms with Crippen molar-refractivity contribution in [2.45, 2.75) is 52.5 Å². The van der Waals surface area contributed by atoms with E-state index < -0.39 is 0 Å². The van der Waals surface area contributed by atoms with Crippen molar-refractivity contribution in [1.29, 1.82) is 0 Å². The minimum absolute atomic E-state index is 0.184. The maximum absolute atomic E-state index is 12.7. The molecule has 2 aliphatic rings. The molecule has 2 aromatic heterocycles. The molecule has 1 fully saturated rings. The third-order valence-electron chi connectivity index (χ3n) is 7.12. The van der Waals surface area contributed by atoms with Crippen LogP contribution in [0.15, 0.2) is 28.3 Å². The number of unbranched alkanes of at least 4 members (excludes halogenated alkanes) is 1. The zero-order chi connectivity index (χ0) is 26.4. The summed E-state index contributed by atoms with van der Waals surface area (Å²) in [5.41, 5.74) is 7.77. The number of likely N-dealkylation sites (tertiary alicyclic amines) is 1. The number of imidazole rings is 1. The molecule has 0 radical (unpaired) electrons. The Kier molecular flexibility index (Phi) is 8.86. The van der Waals surface area contributed by atoms with Crippen molar-refractivity contribution in [3.8, 4) is 6.01 Å². The van der Waals surface area contributed by atoms with Gasteiger partial charge in [0.15, 0.2) is 11.5 Å². The highest BCUT2D eigenvalue weighted by Gasteiger charge is 2.24. The lowest BCUT2D eigenvalue weighted by Crippen LogP contribution is -2.38. The fourth-order valence-corrected chi connectivity index (χ4v) is 4.70. The van der Waals surface area contributed by atoms with Gasteiger partial charge in [0.2, 0.25) is 0 Å². The van der Waals surface area contributed by atoms with Gasteiger partial charge in [0.1, 0.15) is 5.52 Å². The topological polar surface area (TPSA) is 138 Å². The average molecular weight is 515 g/mol. The van der Waals surface area contributed by atoms with Crippen LogP contribution in [0.4, 0.5) is 5.82 Å². The fraction of sp³-hybridized carbons (Fsp3) is 0.615. The van der Waals surface area contributed by atoms with E-state index in [-0.39, 0.29) is 29.4 Å². The summed E-state index contributed by atoms with van der Waals surface area (Å²) in [4.78, 5) is 37.8. The van der Waals surface area contributed by atoms with Crippen LogP contribution >= 0.6 is 0 Å². The van der Waals surface area contributed by atoms with Crippen LogP contribution in [-0.2, 0) is 20.8 Å². The van der Waals surface area contributed by atoms with Crippen LogP contribution in [0.5, 0.6) is 6.01 Å². The number of ether oxygens (including phenoxy) is 3. The lowest BCUT2D eigenvalue weighted by molar-refractivity contribution is -0.142.